The third-order valence-corrected chi connectivity index (χ3v) is 2.14. The first-order chi connectivity index (χ1) is 7.99. The molecule has 0 aromatic heterocycles. The van der Waals surface area contributed by atoms with Crippen LogP contribution in [0, 0.1) is 11.8 Å². The van der Waals surface area contributed by atoms with Gasteiger partial charge < -0.3 is 15.2 Å². The molecule has 0 spiro atoms. The van der Waals surface area contributed by atoms with Gasteiger partial charge in [-0.05, 0) is 24.0 Å². The Morgan fingerprint density at radius 3 is 2.18 bits per heavy atom. The number of nitrogens with two attached hydrogens (primary N) is 1. The summed E-state index contributed by atoms with van der Waals surface area (Å²) >= 11 is 0. The van der Waals surface area contributed by atoms with E-state index in [-0.39, 0.29) is 0 Å². The lowest BCUT2D eigenvalue weighted by Crippen LogP contribution is -2.07. The van der Waals surface area contributed by atoms with Crippen molar-refractivity contribution in [1.29, 1.82) is 0 Å². The van der Waals surface area contributed by atoms with Crippen LogP contribution in [-0.4, -0.2) is 13.2 Å². The first-order valence-corrected chi connectivity index (χ1v) is 6.14. The molecule has 0 aliphatic carbocycles. The van der Waals surface area contributed by atoms with Crippen LogP contribution in [-0.2, 0) is 0 Å². The zero-order valence-corrected chi connectivity index (χ0v) is 11.2. The number of hydrogen-bond acceptors (Lipinski definition) is 3. The predicted molar refractivity (Wildman–Crippen MR) is 71.5 cm³/mol. The van der Waals surface area contributed by atoms with Crippen LogP contribution in [0.1, 0.15) is 27.7 Å². The van der Waals surface area contributed by atoms with E-state index < -0.39 is 0 Å². The van der Waals surface area contributed by atoms with Gasteiger partial charge in [0, 0.05) is 6.07 Å². The van der Waals surface area contributed by atoms with Crippen molar-refractivity contribution >= 4 is 5.69 Å². The number of ether oxygens (including phenoxy) is 2. The Morgan fingerprint density at radius 1 is 1.00 bits per heavy atom. The zero-order chi connectivity index (χ0) is 12.8. The summed E-state index contributed by atoms with van der Waals surface area (Å²) in [6.07, 6.45) is 0. The van der Waals surface area contributed by atoms with Crippen molar-refractivity contribution in [3.05, 3.63) is 18.2 Å². The van der Waals surface area contributed by atoms with E-state index >= 15 is 0 Å². The van der Waals surface area contributed by atoms with Gasteiger partial charge in [-0.15, -0.1) is 0 Å². The van der Waals surface area contributed by atoms with Crippen LogP contribution < -0.4 is 15.2 Å². The van der Waals surface area contributed by atoms with Crippen molar-refractivity contribution in [3.8, 4) is 11.5 Å². The number of anilines is 1. The molecule has 0 atom stereocenters. The summed E-state index contributed by atoms with van der Waals surface area (Å²) in [7, 11) is 0. The summed E-state index contributed by atoms with van der Waals surface area (Å²) < 4.78 is 11.3. The monoisotopic (exact) mass is 237 g/mol. The molecule has 0 radical (unpaired) electrons. The lowest BCUT2D eigenvalue weighted by Gasteiger charge is -2.13. The molecule has 0 fully saturated rings. The van der Waals surface area contributed by atoms with E-state index in [0.29, 0.717) is 36.5 Å². The van der Waals surface area contributed by atoms with Crippen LogP contribution in [0.2, 0.25) is 0 Å². The standard InChI is InChI=1S/C14H23NO2/c1-10(2)8-16-12-5-6-13(15)14(7-12)17-9-11(3)4/h5-7,10-11H,8-9,15H2,1-4H3. The number of hydrogen-bond donors (Lipinski definition) is 1. The Kier molecular flexibility index (Phi) is 5.13. The smallest absolute Gasteiger partial charge is 0.145 e. The Bertz CT molecular complexity index is 348. The molecule has 17 heavy (non-hydrogen) atoms. The van der Waals surface area contributed by atoms with Gasteiger partial charge in [0.05, 0.1) is 18.9 Å². The first kappa shape index (κ1) is 13.7. The molecule has 2 N–H and O–H groups in total. The highest BCUT2D eigenvalue weighted by Gasteiger charge is 2.05. The Morgan fingerprint density at radius 2 is 1.59 bits per heavy atom. The van der Waals surface area contributed by atoms with Crippen LogP contribution in [0.3, 0.4) is 0 Å². The van der Waals surface area contributed by atoms with Gasteiger partial charge in [-0.2, -0.15) is 0 Å². The van der Waals surface area contributed by atoms with Gasteiger partial charge in [0.25, 0.3) is 0 Å². The molecule has 0 saturated carbocycles. The minimum atomic E-state index is 0.481. The fourth-order valence-electron chi connectivity index (χ4n) is 1.25. The third kappa shape index (κ3) is 4.98. The molecule has 1 rings (SSSR count). The molecule has 0 aliphatic heterocycles. The SMILES string of the molecule is CC(C)COc1ccc(N)c(OCC(C)C)c1. The Balaban J connectivity index is 2.65. The van der Waals surface area contributed by atoms with Crippen molar-refractivity contribution in [2.75, 3.05) is 18.9 Å². The fourth-order valence-corrected chi connectivity index (χ4v) is 1.25. The molecule has 1 aromatic carbocycles. The molecule has 0 aliphatic rings. The maximum atomic E-state index is 5.85. The molecule has 0 unspecified atom stereocenters. The lowest BCUT2D eigenvalue weighted by molar-refractivity contribution is 0.259. The van der Waals surface area contributed by atoms with Gasteiger partial charge in [0.1, 0.15) is 11.5 Å². The maximum Gasteiger partial charge on any atom is 0.145 e. The van der Waals surface area contributed by atoms with Crippen LogP contribution in [0.25, 0.3) is 0 Å². The van der Waals surface area contributed by atoms with Crippen molar-refractivity contribution in [3.63, 3.8) is 0 Å². The van der Waals surface area contributed by atoms with E-state index in [9.17, 15) is 0 Å². The van der Waals surface area contributed by atoms with Gasteiger partial charge in [-0.3, -0.25) is 0 Å². The largest absolute Gasteiger partial charge is 0.493 e. The van der Waals surface area contributed by atoms with Crippen LogP contribution in [0.5, 0.6) is 11.5 Å². The highest BCUT2D eigenvalue weighted by molar-refractivity contribution is 5.55. The molecule has 0 saturated heterocycles. The normalized spacial score (nSPS) is 10.9. The molecule has 96 valence electrons. The predicted octanol–water partition coefficient (Wildman–Crippen LogP) is 3.34. The molecule has 1 aromatic rings. The lowest BCUT2D eigenvalue weighted by atomic mass is 10.2. The second-order valence-corrected chi connectivity index (χ2v) is 5.11. The summed E-state index contributed by atoms with van der Waals surface area (Å²) in [6.45, 7) is 9.82. The van der Waals surface area contributed by atoms with Gasteiger partial charge in [0.15, 0.2) is 0 Å². The van der Waals surface area contributed by atoms with Crippen LogP contribution in [0.15, 0.2) is 18.2 Å². The summed E-state index contributed by atoms with van der Waals surface area (Å²) in [6, 6.07) is 5.56. The fraction of sp³-hybridized carbons (Fsp3) is 0.571. The average Bonchev–Trinajstić information content (AvgIpc) is 2.26. The molecule has 0 amide bonds. The first-order valence-electron chi connectivity index (χ1n) is 6.14. The van der Waals surface area contributed by atoms with E-state index in [0.717, 1.165) is 5.75 Å². The van der Waals surface area contributed by atoms with E-state index in [2.05, 4.69) is 27.7 Å². The van der Waals surface area contributed by atoms with E-state index in [1.807, 2.05) is 18.2 Å². The second kappa shape index (κ2) is 6.38. The molecular formula is C14H23NO2. The van der Waals surface area contributed by atoms with Gasteiger partial charge >= 0.3 is 0 Å². The molecule has 0 bridgehead atoms. The van der Waals surface area contributed by atoms with Gasteiger partial charge in [-0.25, -0.2) is 0 Å². The summed E-state index contributed by atoms with van der Waals surface area (Å²) in [4.78, 5) is 0. The van der Waals surface area contributed by atoms with Crippen LogP contribution in [0.4, 0.5) is 5.69 Å². The Hall–Kier alpha value is -1.38. The highest BCUT2D eigenvalue weighted by Crippen LogP contribution is 2.27. The number of benzene rings is 1. The summed E-state index contributed by atoms with van der Waals surface area (Å²) in [5.74, 6) is 2.51. The minimum Gasteiger partial charge on any atom is -0.493 e. The average molecular weight is 237 g/mol. The van der Waals surface area contributed by atoms with Crippen LogP contribution >= 0.6 is 0 Å². The van der Waals surface area contributed by atoms with Crippen molar-refractivity contribution in [1.82, 2.24) is 0 Å². The number of rotatable bonds is 6. The summed E-state index contributed by atoms with van der Waals surface area (Å²) in [5, 5.41) is 0. The molecule has 0 heterocycles. The van der Waals surface area contributed by atoms with E-state index in [1.54, 1.807) is 0 Å². The molecular weight excluding hydrogens is 214 g/mol. The third-order valence-electron chi connectivity index (χ3n) is 2.14. The Labute approximate surface area is 104 Å². The molecule has 3 nitrogen and oxygen atoms in total. The minimum absolute atomic E-state index is 0.481. The zero-order valence-electron chi connectivity index (χ0n) is 11.2. The maximum absolute atomic E-state index is 5.85. The topological polar surface area (TPSA) is 44.5 Å². The molecule has 3 heteroatoms. The van der Waals surface area contributed by atoms with Gasteiger partial charge in [-0.1, -0.05) is 27.7 Å². The summed E-state index contributed by atoms with van der Waals surface area (Å²) in [5.41, 5.74) is 6.51. The van der Waals surface area contributed by atoms with E-state index in [4.69, 9.17) is 15.2 Å². The number of nitrogen functional groups attached to an aromatic ring is 1. The van der Waals surface area contributed by atoms with Gasteiger partial charge in [0.2, 0.25) is 0 Å². The van der Waals surface area contributed by atoms with Crippen molar-refractivity contribution < 1.29 is 9.47 Å². The highest BCUT2D eigenvalue weighted by atomic mass is 16.5. The van der Waals surface area contributed by atoms with E-state index in [1.165, 1.54) is 0 Å². The van der Waals surface area contributed by atoms with Crippen molar-refractivity contribution in [2.24, 2.45) is 11.8 Å². The van der Waals surface area contributed by atoms with Crippen molar-refractivity contribution in [2.45, 2.75) is 27.7 Å². The second-order valence-electron chi connectivity index (χ2n) is 5.11. The quantitative estimate of drug-likeness (QED) is 0.772.